The Labute approximate surface area is 82.8 Å². The highest BCUT2D eigenvalue weighted by atomic mass is 19.2. The first kappa shape index (κ1) is 9.57. The number of hydrogen-bond acceptors (Lipinski definition) is 3. The third-order valence-corrected chi connectivity index (χ3v) is 1.88. The van der Waals surface area contributed by atoms with Gasteiger partial charge in [-0.25, -0.2) is 14.2 Å². The standard InChI is InChI=1S/C9H5F2NO3/c10-4-1-2-5-8(7(4)11)15-3-6(12-5)9(13)14/h1-2H,3H2,(H,13,14). The summed E-state index contributed by atoms with van der Waals surface area (Å²) >= 11 is 0. The third kappa shape index (κ3) is 1.54. The summed E-state index contributed by atoms with van der Waals surface area (Å²) in [5, 5.41) is 8.61. The van der Waals surface area contributed by atoms with E-state index in [4.69, 9.17) is 9.84 Å². The van der Waals surface area contributed by atoms with Gasteiger partial charge in [-0.15, -0.1) is 0 Å². The van der Waals surface area contributed by atoms with E-state index < -0.39 is 17.6 Å². The van der Waals surface area contributed by atoms with Gasteiger partial charge in [0.15, 0.2) is 17.3 Å². The van der Waals surface area contributed by atoms with Crippen LogP contribution in [0.15, 0.2) is 17.1 Å². The number of carboxylic acids is 1. The van der Waals surface area contributed by atoms with Crippen LogP contribution < -0.4 is 4.74 Å². The highest BCUT2D eigenvalue weighted by Crippen LogP contribution is 2.34. The maximum Gasteiger partial charge on any atom is 0.353 e. The van der Waals surface area contributed by atoms with Crippen molar-refractivity contribution in [1.29, 1.82) is 0 Å². The Kier molecular flexibility index (Phi) is 2.11. The Bertz CT molecular complexity index is 471. The number of hydrogen-bond donors (Lipinski definition) is 1. The second-order valence-corrected chi connectivity index (χ2v) is 2.86. The van der Waals surface area contributed by atoms with Gasteiger partial charge in [-0.3, -0.25) is 0 Å². The van der Waals surface area contributed by atoms with Gasteiger partial charge in [-0.1, -0.05) is 0 Å². The molecule has 78 valence electrons. The number of aliphatic carboxylic acids is 1. The van der Waals surface area contributed by atoms with Gasteiger partial charge in [-0.2, -0.15) is 4.39 Å². The monoisotopic (exact) mass is 213 g/mol. The maximum atomic E-state index is 13.1. The van der Waals surface area contributed by atoms with Crippen molar-refractivity contribution < 1.29 is 23.4 Å². The summed E-state index contributed by atoms with van der Waals surface area (Å²) in [5.41, 5.74) is -0.258. The molecule has 1 aromatic rings. The van der Waals surface area contributed by atoms with Crippen LogP contribution in [-0.2, 0) is 4.79 Å². The molecule has 0 saturated heterocycles. The van der Waals surface area contributed by atoms with Crippen LogP contribution in [0.2, 0.25) is 0 Å². The fraction of sp³-hybridized carbons (Fsp3) is 0.111. The molecule has 0 aromatic heterocycles. The van der Waals surface area contributed by atoms with Crippen molar-refractivity contribution in [3.63, 3.8) is 0 Å². The molecule has 0 saturated carbocycles. The van der Waals surface area contributed by atoms with E-state index in [9.17, 15) is 13.6 Å². The van der Waals surface area contributed by atoms with Crippen molar-refractivity contribution in [2.24, 2.45) is 4.99 Å². The Morgan fingerprint density at radius 1 is 1.47 bits per heavy atom. The molecular formula is C9H5F2NO3. The first-order valence-corrected chi connectivity index (χ1v) is 4.01. The zero-order chi connectivity index (χ0) is 11.0. The van der Waals surface area contributed by atoms with Gasteiger partial charge in [-0.05, 0) is 12.1 Å². The van der Waals surface area contributed by atoms with Crippen molar-refractivity contribution in [2.45, 2.75) is 0 Å². The van der Waals surface area contributed by atoms with Gasteiger partial charge in [0.25, 0.3) is 0 Å². The van der Waals surface area contributed by atoms with E-state index in [1.165, 1.54) is 0 Å². The smallest absolute Gasteiger partial charge is 0.353 e. The Balaban J connectivity index is 2.53. The van der Waals surface area contributed by atoms with E-state index in [2.05, 4.69) is 4.99 Å². The number of nitrogens with zero attached hydrogens (tertiary/aromatic N) is 1. The maximum absolute atomic E-state index is 13.1. The molecule has 0 spiro atoms. The minimum Gasteiger partial charge on any atom is -0.482 e. The molecule has 1 N–H and O–H groups in total. The summed E-state index contributed by atoms with van der Waals surface area (Å²) in [5.74, 6) is -3.80. The van der Waals surface area contributed by atoms with Crippen LogP contribution >= 0.6 is 0 Å². The van der Waals surface area contributed by atoms with Crippen molar-refractivity contribution in [3.05, 3.63) is 23.8 Å². The predicted molar refractivity (Wildman–Crippen MR) is 46.6 cm³/mol. The molecule has 0 aliphatic carbocycles. The highest BCUT2D eigenvalue weighted by molar-refractivity contribution is 6.37. The lowest BCUT2D eigenvalue weighted by Crippen LogP contribution is -2.24. The van der Waals surface area contributed by atoms with Crippen molar-refractivity contribution in [3.8, 4) is 5.75 Å². The topological polar surface area (TPSA) is 58.9 Å². The molecule has 6 heteroatoms. The molecule has 1 heterocycles. The molecule has 0 radical (unpaired) electrons. The van der Waals surface area contributed by atoms with Gasteiger partial charge < -0.3 is 9.84 Å². The average molecular weight is 213 g/mol. The summed E-state index contributed by atoms with van der Waals surface area (Å²) in [6, 6.07) is 2.03. The van der Waals surface area contributed by atoms with Gasteiger partial charge in [0, 0.05) is 0 Å². The molecule has 1 aliphatic rings. The van der Waals surface area contributed by atoms with Crippen LogP contribution in [0.3, 0.4) is 0 Å². The van der Waals surface area contributed by atoms with Gasteiger partial charge in [0.2, 0.25) is 5.82 Å². The lowest BCUT2D eigenvalue weighted by molar-refractivity contribution is -0.129. The molecule has 15 heavy (non-hydrogen) atoms. The number of rotatable bonds is 1. The van der Waals surface area contributed by atoms with E-state index >= 15 is 0 Å². The fourth-order valence-electron chi connectivity index (χ4n) is 1.17. The van der Waals surface area contributed by atoms with E-state index in [0.29, 0.717) is 0 Å². The van der Waals surface area contributed by atoms with Crippen LogP contribution in [0.25, 0.3) is 0 Å². The Morgan fingerprint density at radius 2 is 2.20 bits per heavy atom. The van der Waals surface area contributed by atoms with Crippen LogP contribution in [0.5, 0.6) is 5.75 Å². The number of benzene rings is 1. The molecule has 0 atom stereocenters. The lowest BCUT2D eigenvalue weighted by atomic mass is 10.2. The second-order valence-electron chi connectivity index (χ2n) is 2.86. The quantitative estimate of drug-likeness (QED) is 0.769. The Hall–Kier alpha value is -1.98. The summed E-state index contributed by atoms with van der Waals surface area (Å²) in [7, 11) is 0. The molecule has 2 rings (SSSR count). The molecule has 0 unspecified atom stereocenters. The molecule has 1 aliphatic heterocycles. The van der Waals surface area contributed by atoms with Crippen LogP contribution in [0, 0.1) is 11.6 Å². The van der Waals surface area contributed by atoms with Gasteiger partial charge in [0.05, 0.1) is 0 Å². The SMILES string of the molecule is O=C(O)C1=Nc2ccc(F)c(F)c2OC1. The summed E-state index contributed by atoms with van der Waals surface area (Å²) < 4.78 is 30.6. The van der Waals surface area contributed by atoms with E-state index in [0.717, 1.165) is 12.1 Å². The van der Waals surface area contributed by atoms with E-state index in [1.54, 1.807) is 0 Å². The average Bonchev–Trinajstić information content (AvgIpc) is 2.23. The minimum atomic E-state index is -1.25. The number of ether oxygens (including phenoxy) is 1. The van der Waals surface area contributed by atoms with Crippen molar-refractivity contribution >= 4 is 17.4 Å². The number of carboxylic acid groups (broad SMARTS) is 1. The Morgan fingerprint density at radius 3 is 2.87 bits per heavy atom. The zero-order valence-electron chi connectivity index (χ0n) is 7.33. The number of aliphatic imine (C=N–C) groups is 1. The molecule has 0 bridgehead atoms. The third-order valence-electron chi connectivity index (χ3n) is 1.88. The van der Waals surface area contributed by atoms with Crippen molar-refractivity contribution in [2.75, 3.05) is 6.61 Å². The molecular weight excluding hydrogens is 208 g/mol. The van der Waals surface area contributed by atoms with Gasteiger partial charge >= 0.3 is 5.97 Å². The van der Waals surface area contributed by atoms with Crippen LogP contribution in [0.1, 0.15) is 0 Å². The van der Waals surface area contributed by atoms with Crippen LogP contribution in [-0.4, -0.2) is 23.4 Å². The second kappa shape index (κ2) is 3.30. The first-order chi connectivity index (χ1) is 7.09. The molecule has 1 aromatic carbocycles. The molecule has 4 nitrogen and oxygen atoms in total. The number of halogens is 2. The highest BCUT2D eigenvalue weighted by Gasteiger charge is 2.22. The lowest BCUT2D eigenvalue weighted by Gasteiger charge is -2.15. The normalized spacial score (nSPS) is 13.9. The molecule has 0 fully saturated rings. The summed E-state index contributed by atoms with van der Waals surface area (Å²) in [6.45, 7) is -0.372. The van der Waals surface area contributed by atoms with Gasteiger partial charge in [0.1, 0.15) is 12.3 Å². The van der Waals surface area contributed by atoms with E-state index in [1.807, 2.05) is 0 Å². The number of carbonyl (C=O) groups is 1. The number of fused-ring (bicyclic) bond motifs is 1. The van der Waals surface area contributed by atoms with E-state index in [-0.39, 0.29) is 23.8 Å². The van der Waals surface area contributed by atoms with Crippen molar-refractivity contribution in [1.82, 2.24) is 0 Å². The minimum absolute atomic E-state index is 0.0162. The summed E-state index contributed by atoms with van der Waals surface area (Å²) in [4.78, 5) is 14.2. The van der Waals surface area contributed by atoms with Crippen LogP contribution in [0.4, 0.5) is 14.5 Å². The predicted octanol–water partition coefficient (Wildman–Crippen LogP) is 1.51. The first-order valence-electron chi connectivity index (χ1n) is 4.01. The molecule has 0 amide bonds. The summed E-state index contributed by atoms with van der Waals surface area (Å²) in [6.07, 6.45) is 0. The zero-order valence-corrected chi connectivity index (χ0v) is 7.33. The fourth-order valence-corrected chi connectivity index (χ4v) is 1.17. The largest absolute Gasteiger partial charge is 0.482 e.